The Morgan fingerprint density at radius 3 is 2.81 bits per heavy atom. The molecule has 0 bridgehead atoms. The zero-order valence-corrected chi connectivity index (χ0v) is 14.7. The molecule has 1 aromatic heterocycles. The Labute approximate surface area is 153 Å². The number of hydrogen-bond donors (Lipinski definition) is 0. The normalized spacial score (nSPS) is 20.5. The number of carbonyl (C=O) groups excluding carboxylic acids is 1. The van der Waals surface area contributed by atoms with Crippen molar-refractivity contribution in [1.29, 1.82) is 0 Å². The summed E-state index contributed by atoms with van der Waals surface area (Å²) in [5.41, 5.74) is 0.654. The first kappa shape index (κ1) is 16.8. The minimum absolute atomic E-state index is 0.0190. The summed E-state index contributed by atoms with van der Waals surface area (Å²) >= 11 is 0. The highest BCUT2D eigenvalue weighted by molar-refractivity contribution is 5.93. The first-order valence-corrected chi connectivity index (χ1v) is 9.10. The number of ether oxygens (including phenoxy) is 2. The quantitative estimate of drug-likeness (QED) is 0.846. The SMILES string of the molecule is O=C(c1cccnc1)N1CCCN(CC2COc3ccccc3O2)CC1. The van der Waals surface area contributed by atoms with Gasteiger partial charge in [-0.1, -0.05) is 12.1 Å². The lowest BCUT2D eigenvalue weighted by atomic mass is 10.2. The van der Waals surface area contributed by atoms with Crippen LogP contribution in [0.3, 0.4) is 0 Å². The summed E-state index contributed by atoms with van der Waals surface area (Å²) < 4.78 is 11.9. The number of benzene rings is 1. The fraction of sp³-hybridized carbons (Fsp3) is 0.400. The van der Waals surface area contributed by atoms with Gasteiger partial charge in [-0.15, -0.1) is 0 Å². The molecule has 1 saturated heterocycles. The van der Waals surface area contributed by atoms with Crippen molar-refractivity contribution in [2.45, 2.75) is 12.5 Å². The summed E-state index contributed by atoms with van der Waals surface area (Å²) in [5, 5.41) is 0. The second-order valence-corrected chi connectivity index (χ2v) is 6.69. The molecule has 1 amide bonds. The maximum atomic E-state index is 12.6. The van der Waals surface area contributed by atoms with E-state index in [2.05, 4.69) is 9.88 Å². The Morgan fingerprint density at radius 1 is 1.08 bits per heavy atom. The Kier molecular flexibility index (Phi) is 5.02. The van der Waals surface area contributed by atoms with Gasteiger partial charge in [-0.25, -0.2) is 0 Å². The molecule has 0 radical (unpaired) electrons. The van der Waals surface area contributed by atoms with Gasteiger partial charge in [0.1, 0.15) is 12.7 Å². The van der Waals surface area contributed by atoms with Crippen LogP contribution in [0.2, 0.25) is 0 Å². The van der Waals surface area contributed by atoms with Gasteiger partial charge in [-0.2, -0.15) is 0 Å². The van der Waals surface area contributed by atoms with Crippen molar-refractivity contribution >= 4 is 5.91 Å². The molecular weight excluding hydrogens is 330 g/mol. The van der Waals surface area contributed by atoms with Crippen LogP contribution in [-0.2, 0) is 0 Å². The van der Waals surface area contributed by atoms with Crippen LogP contribution in [0.25, 0.3) is 0 Å². The first-order chi connectivity index (χ1) is 12.8. The van der Waals surface area contributed by atoms with E-state index in [1.54, 1.807) is 18.5 Å². The number of nitrogens with zero attached hydrogens (tertiary/aromatic N) is 3. The number of rotatable bonds is 3. The van der Waals surface area contributed by atoms with Crippen molar-refractivity contribution in [3.05, 3.63) is 54.4 Å². The number of aromatic nitrogens is 1. The van der Waals surface area contributed by atoms with E-state index in [1.807, 2.05) is 35.2 Å². The van der Waals surface area contributed by atoms with E-state index >= 15 is 0 Å². The second-order valence-electron chi connectivity index (χ2n) is 6.69. The van der Waals surface area contributed by atoms with E-state index in [0.29, 0.717) is 12.2 Å². The molecule has 136 valence electrons. The largest absolute Gasteiger partial charge is 0.486 e. The lowest BCUT2D eigenvalue weighted by Crippen LogP contribution is -2.42. The minimum Gasteiger partial charge on any atom is -0.486 e. The van der Waals surface area contributed by atoms with Gasteiger partial charge in [0.15, 0.2) is 11.5 Å². The number of fused-ring (bicyclic) bond motifs is 1. The lowest BCUT2D eigenvalue weighted by molar-refractivity contribution is 0.0588. The molecule has 4 rings (SSSR count). The van der Waals surface area contributed by atoms with Crippen LogP contribution in [0.1, 0.15) is 16.8 Å². The summed E-state index contributed by atoms with van der Waals surface area (Å²) in [6.45, 7) is 4.66. The van der Waals surface area contributed by atoms with Gasteiger partial charge >= 0.3 is 0 Å². The highest BCUT2D eigenvalue weighted by Crippen LogP contribution is 2.31. The van der Waals surface area contributed by atoms with Gasteiger partial charge < -0.3 is 14.4 Å². The van der Waals surface area contributed by atoms with E-state index in [1.165, 1.54) is 0 Å². The molecule has 6 heteroatoms. The fourth-order valence-electron chi connectivity index (χ4n) is 3.47. The average Bonchev–Trinajstić information content (AvgIpc) is 2.93. The molecule has 26 heavy (non-hydrogen) atoms. The monoisotopic (exact) mass is 353 g/mol. The Hall–Kier alpha value is -2.60. The summed E-state index contributed by atoms with van der Waals surface area (Å²) in [6.07, 6.45) is 4.29. The zero-order valence-electron chi connectivity index (χ0n) is 14.7. The number of para-hydroxylation sites is 2. The lowest BCUT2D eigenvalue weighted by Gasteiger charge is -2.30. The van der Waals surface area contributed by atoms with Crippen molar-refractivity contribution < 1.29 is 14.3 Å². The van der Waals surface area contributed by atoms with E-state index in [4.69, 9.17) is 9.47 Å². The van der Waals surface area contributed by atoms with Crippen LogP contribution in [0.4, 0.5) is 0 Å². The molecule has 0 spiro atoms. The molecule has 0 saturated carbocycles. The average molecular weight is 353 g/mol. The molecule has 2 aliphatic heterocycles. The highest BCUT2D eigenvalue weighted by Gasteiger charge is 2.25. The van der Waals surface area contributed by atoms with Gasteiger partial charge in [0.05, 0.1) is 5.56 Å². The molecule has 2 aliphatic rings. The maximum Gasteiger partial charge on any atom is 0.255 e. The van der Waals surface area contributed by atoms with Crippen LogP contribution in [0.15, 0.2) is 48.8 Å². The maximum absolute atomic E-state index is 12.6. The van der Waals surface area contributed by atoms with Gasteiger partial charge in [0.25, 0.3) is 5.91 Å². The number of carbonyl (C=O) groups is 1. The highest BCUT2D eigenvalue weighted by atomic mass is 16.6. The zero-order chi connectivity index (χ0) is 17.8. The van der Waals surface area contributed by atoms with Crippen LogP contribution >= 0.6 is 0 Å². The molecule has 1 aromatic carbocycles. The Balaban J connectivity index is 1.32. The summed E-state index contributed by atoms with van der Waals surface area (Å²) in [5.74, 6) is 1.69. The minimum atomic E-state index is 0.0190. The van der Waals surface area contributed by atoms with E-state index in [-0.39, 0.29) is 12.0 Å². The molecular formula is C20H23N3O3. The summed E-state index contributed by atoms with van der Waals surface area (Å²) in [4.78, 5) is 20.9. The number of pyridine rings is 1. The predicted octanol–water partition coefficient (Wildman–Crippen LogP) is 2.07. The van der Waals surface area contributed by atoms with E-state index in [0.717, 1.165) is 50.6 Å². The van der Waals surface area contributed by atoms with Gasteiger partial charge in [-0.3, -0.25) is 14.7 Å². The number of amides is 1. The van der Waals surface area contributed by atoms with Gasteiger partial charge in [-0.05, 0) is 30.7 Å². The molecule has 0 N–H and O–H groups in total. The third-order valence-electron chi connectivity index (χ3n) is 4.81. The fourth-order valence-corrected chi connectivity index (χ4v) is 3.47. The molecule has 6 nitrogen and oxygen atoms in total. The smallest absolute Gasteiger partial charge is 0.255 e. The molecule has 2 aromatic rings. The van der Waals surface area contributed by atoms with E-state index < -0.39 is 0 Å². The summed E-state index contributed by atoms with van der Waals surface area (Å²) in [7, 11) is 0. The van der Waals surface area contributed by atoms with E-state index in [9.17, 15) is 4.79 Å². The van der Waals surface area contributed by atoms with Crippen molar-refractivity contribution in [3.8, 4) is 11.5 Å². The molecule has 0 aliphatic carbocycles. The topological polar surface area (TPSA) is 54.9 Å². The predicted molar refractivity (Wildman–Crippen MR) is 97.6 cm³/mol. The Morgan fingerprint density at radius 2 is 1.96 bits per heavy atom. The standard InChI is InChI=1S/C20H23N3O3/c24-20(16-5-3-8-21-13-16)23-10-4-9-22(11-12-23)14-17-15-25-18-6-1-2-7-19(18)26-17/h1-3,5-8,13,17H,4,9-12,14-15H2. The van der Waals surface area contributed by atoms with Crippen molar-refractivity contribution in [2.75, 3.05) is 39.3 Å². The van der Waals surface area contributed by atoms with Crippen LogP contribution in [-0.4, -0.2) is 66.1 Å². The van der Waals surface area contributed by atoms with Gasteiger partial charge in [0, 0.05) is 45.1 Å². The van der Waals surface area contributed by atoms with Crippen LogP contribution < -0.4 is 9.47 Å². The molecule has 1 fully saturated rings. The second kappa shape index (κ2) is 7.74. The van der Waals surface area contributed by atoms with Crippen molar-refractivity contribution in [3.63, 3.8) is 0 Å². The molecule has 1 unspecified atom stereocenters. The van der Waals surface area contributed by atoms with Crippen LogP contribution in [0, 0.1) is 0 Å². The summed E-state index contributed by atoms with van der Waals surface area (Å²) in [6, 6.07) is 11.4. The number of hydrogen-bond acceptors (Lipinski definition) is 5. The third-order valence-corrected chi connectivity index (χ3v) is 4.81. The molecule has 1 atom stereocenters. The molecule has 3 heterocycles. The van der Waals surface area contributed by atoms with Crippen molar-refractivity contribution in [2.24, 2.45) is 0 Å². The van der Waals surface area contributed by atoms with Gasteiger partial charge in [0.2, 0.25) is 0 Å². The first-order valence-electron chi connectivity index (χ1n) is 9.10. The Bertz CT molecular complexity index is 753. The van der Waals surface area contributed by atoms with Crippen LogP contribution in [0.5, 0.6) is 11.5 Å². The van der Waals surface area contributed by atoms with Crippen molar-refractivity contribution in [1.82, 2.24) is 14.8 Å². The third kappa shape index (κ3) is 3.80.